The number of aliphatic imine (C=N–C) groups is 1. The van der Waals surface area contributed by atoms with Crippen LogP contribution in [0.1, 0.15) is 0 Å². The zero-order valence-electron chi connectivity index (χ0n) is 15.7. The lowest BCUT2D eigenvalue weighted by Gasteiger charge is -2.24. The lowest BCUT2D eigenvalue weighted by Crippen LogP contribution is -2.37. The number of para-hydroxylation sites is 1. The van der Waals surface area contributed by atoms with Gasteiger partial charge >= 0.3 is 0 Å². The molecule has 2 aromatic carbocycles. The van der Waals surface area contributed by atoms with Crippen molar-refractivity contribution in [1.29, 1.82) is 0 Å². The number of sulfone groups is 1. The van der Waals surface area contributed by atoms with Crippen molar-refractivity contribution in [2.45, 2.75) is 11.3 Å². The van der Waals surface area contributed by atoms with Crippen LogP contribution in [-0.2, 0) is 14.6 Å². The number of ether oxygens (including phenoxy) is 2. The maximum absolute atomic E-state index is 12.4. The minimum absolute atomic E-state index is 0.0373. The second-order valence-electron chi connectivity index (χ2n) is 6.76. The molecule has 0 N–H and O–H groups in total. The molecule has 2 unspecified atom stereocenters. The molecule has 29 heavy (non-hydrogen) atoms. The fourth-order valence-electron chi connectivity index (χ4n) is 3.43. The van der Waals surface area contributed by atoms with E-state index >= 15 is 0 Å². The number of amidine groups is 1. The number of methoxy groups -OCH3 is 1. The lowest BCUT2D eigenvalue weighted by atomic mass is 10.2. The summed E-state index contributed by atoms with van der Waals surface area (Å²) in [6, 6.07) is 16.1. The van der Waals surface area contributed by atoms with Crippen molar-refractivity contribution in [2.75, 3.05) is 30.1 Å². The lowest BCUT2D eigenvalue weighted by molar-refractivity contribution is -0.119. The summed E-state index contributed by atoms with van der Waals surface area (Å²) >= 11 is 1.33. The first-order valence-corrected chi connectivity index (χ1v) is 11.7. The van der Waals surface area contributed by atoms with Gasteiger partial charge in [-0.25, -0.2) is 8.42 Å². The van der Waals surface area contributed by atoms with Crippen molar-refractivity contribution in [1.82, 2.24) is 0 Å². The molecule has 2 aromatic rings. The minimum atomic E-state index is -3.12. The largest absolute Gasteiger partial charge is 0.497 e. The predicted octanol–water partition coefficient (Wildman–Crippen LogP) is 2.38. The molecule has 4 rings (SSSR count). The fraction of sp³-hybridized carbons (Fsp3) is 0.300. The Morgan fingerprint density at radius 3 is 2.66 bits per heavy atom. The number of hydrogen-bond acceptors (Lipinski definition) is 6. The van der Waals surface area contributed by atoms with Crippen LogP contribution in [0, 0.1) is 0 Å². The third-order valence-corrected chi connectivity index (χ3v) is 7.93. The SMILES string of the molecule is COc1cccc(N2C(=NC(=O)COc3ccccc3)SC3CS(=O)(=O)CC32)c1. The summed E-state index contributed by atoms with van der Waals surface area (Å²) < 4.78 is 35.1. The van der Waals surface area contributed by atoms with Gasteiger partial charge in [0, 0.05) is 17.0 Å². The molecule has 7 nitrogen and oxygen atoms in total. The second kappa shape index (κ2) is 8.08. The van der Waals surface area contributed by atoms with Gasteiger partial charge in [-0.1, -0.05) is 36.0 Å². The second-order valence-corrected chi connectivity index (χ2v) is 10.1. The number of anilines is 1. The number of rotatable bonds is 5. The van der Waals surface area contributed by atoms with Gasteiger partial charge in [-0.15, -0.1) is 0 Å². The van der Waals surface area contributed by atoms with Gasteiger partial charge in [-0.05, 0) is 24.3 Å². The van der Waals surface area contributed by atoms with Crippen LogP contribution in [0.15, 0.2) is 59.6 Å². The van der Waals surface area contributed by atoms with Gasteiger partial charge in [-0.3, -0.25) is 4.79 Å². The van der Waals surface area contributed by atoms with Gasteiger partial charge in [0.25, 0.3) is 5.91 Å². The molecule has 0 spiro atoms. The van der Waals surface area contributed by atoms with E-state index in [-0.39, 0.29) is 29.4 Å². The number of carbonyl (C=O) groups excluding carboxylic acids is 1. The van der Waals surface area contributed by atoms with E-state index in [1.807, 2.05) is 47.4 Å². The standard InChI is InChI=1S/C20H20N2O5S2/c1-26-16-9-5-6-14(10-16)22-17-12-29(24,25)13-18(17)28-20(22)21-19(23)11-27-15-7-3-2-4-8-15/h2-10,17-18H,11-13H2,1H3. The van der Waals surface area contributed by atoms with Crippen LogP contribution in [0.2, 0.25) is 0 Å². The van der Waals surface area contributed by atoms with Crippen LogP contribution in [-0.4, -0.2) is 56.0 Å². The van der Waals surface area contributed by atoms with Crippen LogP contribution < -0.4 is 14.4 Å². The van der Waals surface area contributed by atoms with Gasteiger partial charge in [0.05, 0.1) is 24.7 Å². The topological polar surface area (TPSA) is 85.3 Å². The predicted molar refractivity (Wildman–Crippen MR) is 114 cm³/mol. The number of thioether (sulfide) groups is 1. The molecular weight excluding hydrogens is 412 g/mol. The van der Waals surface area contributed by atoms with E-state index in [0.29, 0.717) is 16.7 Å². The highest BCUT2D eigenvalue weighted by Crippen LogP contribution is 2.41. The Morgan fingerprint density at radius 1 is 1.14 bits per heavy atom. The number of carbonyl (C=O) groups is 1. The molecule has 0 aromatic heterocycles. The fourth-order valence-corrected chi connectivity index (χ4v) is 7.36. The van der Waals surface area contributed by atoms with Crippen molar-refractivity contribution < 1.29 is 22.7 Å². The van der Waals surface area contributed by atoms with E-state index in [4.69, 9.17) is 9.47 Å². The Morgan fingerprint density at radius 2 is 1.90 bits per heavy atom. The van der Waals surface area contributed by atoms with Gasteiger partial charge in [0.2, 0.25) is 0 Å². The van der Waals surface area contributed by atoms with Crippen LogP contribution in [0.4, 0.5) is 5.69 Å². The molecular formula is C20H20N2O5S2. The molecule has 2 aliphatic heterocycles. The normalized spacial score (nSPS) is 23.8. The van der Waals surface area contributed by atoms with Gasteiger partial charge in [0.1, 0.15) is 11.5 Å². The third-order valence-electron chi connectivity index (χ3n) is 4.72. The summed E-state index contributed by atoms with van der Waals surface area (Å²) in [6.07, 6.45) is 0. The third kappa shape index (κ3) is 4.40. The smallest absolute Gasteiger partial charge is 0.285 e. The van der Waals surface area contributed by atoms with Crippen LogP contribution in [0.3, 0.4) is 0 Å². The van der Waals surface area contributed by atoms with Crippen molar-refractivity contribution in [3.05, 3.63) is 54.6 Å². The van der Waals surface area contributed by atoms with Gasteiger partial charge in [0.15, 0.2) is 21.6 Å². The van der Waals surface area contributed by atoms with E-state index in [0.717, 1.165) is 5.69 Å². The summed E-state index contributed by atoms with van der Waals surface area (Å²) in [6.45, 7) is -0.187. The van der Waals surface area contributed by atoms with E-state index in [1.54, 1.807) is 19.2 Å². The van der Waals surface area contributed by atoms with E-state index < -0.39 is 15.7 Å². The molecule has 0 saturated carbocycles. The Labute approximate surface area is 173 Å². The molecule has 1 amide bonds. The van der Waals surface area contributed by atoms with Crippen molar-refractivity contribution in [2.24, 2.45) is 4.99 Å². The zero-order chi connectivity index (χ0) is 20.4. The summed E-state index contributed by atoms with van der Waals surface area (Å²) in [5.41, 5.74) is 0.747. The first-order valence-electron chi connectivity index (χ1n) is 9.05. The molecule has 2 saturated heterocycles. The molecule has 0 bridgehead atoms. The Kier molecular flexibility index (Phi) is 5.51. The molecule has 2 aliphatic rings. The highest BCUT2D eigenvalue weighted by molar-refractivity contribution is 8.16. The molecule has 0 aliphatic carbocycles. The average Bonchev–Trinajstić information content (AvgIpc) is 3.17. The molecule has 0 radical (unpaired) electrons. The van der Waals surface area contributed by atoms with Crippen LogP contribution in [0.5, 0.6) is 11.5 Å². The first kappa shape index (κ1) is 19.8. The monoisotopic (exact) mass is 432 g/mol. The summed E-state index contributed by atoms with van der Waals surface area (Å²) in [4.78, 5) is 18.5. The zero-order valence-corrected chi connectivity index (χ0v) is 17.4. The Bertz CT molecular complexity index is 1040. The van der Waals surface area contributed by atoms with Crippen molar-refractivity contribution >= 4 is 38.4 Å². The quantitative estimate of drug-likeness (QED) is 0.717. The number of benzene rings is 2. The van der Waals surface area contributed by atoms with Crippen LogP contribution >= 0.6 is 11.8 Å². The van der Waals surface area contributed by atoms with Gasteiger partial charge in [-0.2, -0.15) is 4.99 Å². The molecule has 152 valence electrons. The number of hydrogen-bond donors (Lipinski definition) is 0. The van der Waals surface area contributed by atoms with E-state index in [9.17, 15) is 13.2 Å². The highest BCUT2D eigenvalue weighted by atomic mass is 32.2. The Balaban J connectivity index is 1.59. The van der Waals surface area contributed by atoms with E-state index in [1.165, 1.54) is 11.8 Å². The number of nitrogens with zero attached hydrogens (tertiary/aromatic N) is 2. The average molecular weight is 433 g/mol. The minimum Gasteiger partial charge on any atom is -0.497 e. The van der Waals surface area contributed by atoms with Crippen molar-refractivity contribution in [3.63, 3.8) is 0 Å². The maximum atomic E-state index is 12.4. The molecule has 2 heterocycles. The van der Waals surface area contributed by atoms with Gasteiger partial charge < -0.3 is 14.4 Å². The highest BCUT2D eigenvalue weighted by Gasteiger charge is 2.49. The molecule has 9 heteroatoms. The Hall–Kier alpha value is -2.52. The summed E-state index contributed by atoms with van der Waals surface area (Å²) in [7, 11) is -1.55. The van der Waals surface area contributed by atoms with Crippen molar-refractivity contribution in [3.8, 4) is 11.5 Å². The summed E-state index contributed by atoms with van der Waals surface area (Å²) in [5.74, 6) is 0.932. The number of fused-ring (bicyclic) bond motifs is 1. The number of amides is 1. The van der Waals surface area contributed by atoms with Crippen LogP contribution in [0.25, 0.3) is 0 Å². The van der Waals surface area contributed by atoms with E-state index in [2.05, 4.69) is 4.99 Å². The maximum Gasteiger partial charge on any atom is 0.285 e. The molecule has 2 fully saturated rings. The molecule has 2 atom stereocenters. The first-order chi connectivity index (χ1) is 13.9. The summed E-state index contributed by atoms with van der Waals surface area (Å²) in [5, 5.41) is 0.331.